The van der Waals surface area contributed by atoms with E-state index in [2.05, 4.69) is 4.90 Å². The summed E-state index contributed by atoms with van der Waals surface area (Å²) in [7, 11) is 0. The molecule has 0 aliphatic heterocycles. The summed E-state index contributed by atoms with van der Waals surface area (Å²) in [5.74, 6) is 0.275. The summed E-state index contributed by atoms with van der Waals surface area (Å²) in [5.41, 5.74) is 5.40. The van der Waals surface area contributed by atoms with E-state index in [9.17, 15) is 0 Å². The fraction of sp³-hybridized carbons (Fsp3) is 0.929. The summed E-state index contributed by atoms with van der Waals surface area (Å²) >= 11 is 0. The molecule has 0 aromatic heterocycles. The molecule has 106 valence electrons. The minimum absolute atomic E-state index is 0.194. The van der Waals surface area contributed by atoms with Crippen molar-refractivity contribution in [2.75, 3.05) is 19.7 Å². The van der Waals surface area contributed by atoms with Crippen LogP contribution < -0.4 is 5.73 Å². The molecule has 18 heavy (non-hydrogen) atoms. The molecule has 4 N–H and O–H groups in total. The van der Waals surface area contributed by atoms with Crippen LogP contribution in [-0.4, -0.2) is 41.6 Å². The first-order chi connectivity index (χ1) is 8.47. The zero-order valence-electron chi connectivity index (χ0n) is 11.9. The quantitative estimate of drug-likeness (QED) is 0.458. The van der Waals surface area contributed by atoms with E-state index in [-0.39, 0.29) is 17.9 Å². The van der Waals surface area contributed by atoms with E-state index in [1.807, 2.05) is 13.8 Å². The average molecular weight is 255 g/mol. The van der Waals surface area contributed by atoms with Crippen LogP contribution in [0.4, 0.5) is 0 Å². The van der Waals surface area contributed by atoms with Crippen molar-refractivity contribution in [3.05, 3.63) is 0 Å². The Morgan fingerprint density at radius 1 is 1.33 bits per heavy atom. The van der Waals surface area contributed by atoms with E-state index in [1.54, 1.807) is 0 Å². The van der Waals surface area contributed by atoms with Gasteiger partial charge >= 0.3 is 0 Å². The largest absolute Gasteiger partial charge is 0.395 e. The van der Waals surface area contributed by atoms with Crippen LogP contribution in [0.3, 0.4) is 0 Å². The molecule has 0 saturated heterocycles. The highest BCUT2D eigenvalue weighted by Gasteiger charge is 2.24. The number of amidine groups is 1. The van der Waals surface area contributed by atoms with Gasteiger partial charge in [-0.2, -0.15) is 0 Å². The Morgan fingerprint density at radius 2 is 1.94 bits per heavy atom. The number of hydrogen-bond acceptors (Lipinski definition) is 3. The van der Waals surface area contributed by atoms with Crippen LogP contribution in [0.1, 0.15) is 52.4 Å². The zero-order chi connectivity index (χ0) is 13.6. The molecule has 0 aromatic rings. The van der Waals surface area contributed by atoms with Gasteiger partial charge in [0.2, 0.25) is 0 Å². The standard InChI is InChI=1S/C14H29N3O/c1-14(2,13(15)16)8-5-9-17(10-11-18)12-6-3-4-7-12/h12,18H,3-11H2,1-2H3,(H3,15,16). The van der Waals surface area contributed by atoms with E-state index < -0.39 is 0 Å². The Labute approximate surface area is 111 Å². The minimum Gasteiger partial charge on any atom is -0.395 e. The molecule has 1 rings (SSSR count). The number of nitrogens with two attached hydrogens (primary N) is 1. The molecule has 1 saturated carbocycles. The predicted molar refractivity (Wildman–Crippen MR) is 75.8 cm³/mol. The average Bonchev–Trinajstić information content (AvgIpc) is 2.80. The highest BCUT2D eigenvalue weighted by atomic mass is 16.3. The number of nitrogens with zero attached hydrogens (tertiary/aromatic N) is 1. The van der Waals surface area contributed by atoms with Crippen molar-refractivity contribution in [3.63, 3.8) is 0 Å². The molecule has 0 radical (unpaired) electrons. The molecule has 0 amide bonds. The molecule has 0 bridgehead atoms. The van der Waals surface area contributed by atoms with Gasteiger partial charge in [-0.1, -0.05) is 26.7 Å². The van der Waals surface area contributed by atoms with Gasteiger partial charge < -0.3 is 10.8 Å². The van der Waals surface area contributed by atoms with E-state index in [1.165, 1.54) is 25.7 Å². The first-order valence-corrected chi connectivity index (χ1v) is 7.17. The molecule has 1 aliphatic rings. The van der Waals surface area contributed by atoms with Crippen molar-refractivity contribution in [2.24, 2.45) is 11.1 Å². The van der Waals surface area contributed by atoms with Gasteiger partial charge in [-0.3, -0.25) is 10.3 Å². The maximum atomic E-state index is 9.15. The molecule has 4 heteroatoms. The molecular weight excluding hydrogens is 226 g/mol. The van der Waals surface area contributed by atoms with Gasteiger partial charge in [-0.05, 0) is 32.2 Å². The van der Waals surface area contributed by atoms with Crippen LogP contribution in [0.25, 0.3) is 0 Å². The second-order valence-electron chi connectivity index (χ2n) is 6.10. The van der Waals surface area contributed by atoms with Crippen LogP contribution in [0.5, 0.6) is 0 Å². The maximum absolute atomic E-state index is 9.15. The molecule has 1 fully saturated rings. The van der Waals surface area contributed by atoms with Crippen LogP contribution in [0.15, 0.2) is 0 Å². The Morgan fingerprint density at radius 3 is 2.44 bits per heavy atom. The first-order valence-electron chi connectivity index (χ1n) is 7.17. The van der Waals surface area contributed by atoms with E-state index >= 15 is 0 Å². The third-order valence-corrected chi connectivity index (χ3v) is 4.20. The summed E-state index contributed by atoms with van der Waals surface area (Å²) < 4.78 is 0. The second kappa shape index (κ2) is 7.10. The highest BCUT2D eigenvalue weighted by molar-refractivity contribution is 5.82. The van der Waals surface area contributed by atoms with E-state index in [0.29, 0.717) is 6.04 Å². The number of hydrogen-bond donors (Lipinski definition) is 3. The number of nitrogens with one attached hydrogen (secondary N) is 1. The van der Waals surface area contributed by atoms with Crippen LogP contribution in [0.2, 0.25) is 0 Å². The lowest BCUT2D eigenvalue weighted by Crippen LogP contribution is -2.37. The predicted octanol–water partition coefficient (Wildman–Crippen LogP) is 1.97. The van der Waals surface area contributed by atoms with Gasteiger partial charge in [0.1, 0.15) is 0 Å². The number of aliphatic hydroxyl groups is 1. The van der Waals surface area contributed by atoms with Crippen molar-refractivity contribution < 1.29 is 5.11 Å². The van der Waals surface area contributed by atoms with Gasteiger partial charge in [0.05, 0.1) is 12.4 Å². The summed E-state index contributed by atoms with van der Waals surface area (Å²) in [6.45, 7) is 6.10. The molecule has 4 nitrogen and oxygen atoms in total. The summed E-state index contributed by atoms with van der Waals surface area (Å²) in [5, 5.41) is 16.7. The molecule has 0 aromatic carbocycles. The van der Waals surface area contributed by atoms with Gasteiger partial charge in [0, 0.05) is 18.0 Å². The lowest BCUT2D eigenvalue weighted by molar-refractivity contribution is 0.146. The minimum atomic E-state index is -0.194. The Balaban J connectivity index is 2.35. The molecular formula is C14H29N3O. The third-order valence-electron chi connectivity index (χ3n) is 4.20. The van der Waals surface area contributed by atoms with E-state index in [4.69, 9.17) is 16.2 Å². The monoisotopic (exact) mass is 255 g/mol. The van der Waals surface area contributed by atoms with Crippen LogP contribution >= 0.6 is 0 Å². The second-order valence-corrected chi connectivity index (χ2v) is 6.10. The molecule has 0 unspecified atom stereocenters. The van der Waals surface area contributed by atoms with Gasteiger partial charge in [-0.25, -0.2) is 0 Å². The van der Waals surface area contributed by atoms with Crippen LogP contribution in [-0.2, 0) is 0 Å². The smallest absolute Gasteiger partial charge is 0.0963 e. The Bertz CT molecular complexity index is 260. The SMILES string of the molecule is CC(C)(CCCN(CCO)C1CCCC1)C(=N)N. The van der Waals surface area contributed by atoms with Crippen molar-refractivity contribution >= 4 is 5.84 Å². The number of rotatable bonds is 8. The molecule has 0 heterocycles. The third kappa shape index (κ3) is 4.58. The zero-order valence-corrected chi connectivity index (χ0v) is 11.9. The normalized spacial score (nSPS) is 17.6. The van der Waals surface area contributed by atoms with Crippen molar-refractivity contribution in [1.29, 1.82) is 5.41 Å². The Kier molecular flexibility index (Phi) is 6.09. The first kappa shape index (κ1) is 15.4. The van der Waals surface area contributed by atoms with Gasteiger partial charge in [0.25, 0.3) is 0 Å². The van der Waals surface area contributed by atoms with Crippen molar-refractivity contribution in [3.8, 4) is 0 Å². The fourth-order valence-electron chi connectivity index (χ4n) is 2.73. The highest BCUT2D eigenvalue weighted by Crippen LogP contribution is 2.26. The fourth-order valence-corrected chi connectivity index (χ4v) is 2.73. The molecule has 1 aliphatic carbocycles. The topological polar surface area (TPSA) is 73.3 Å². The number of aliphatic hydroxyl groups excluding tert-OH is 1. The Hall–Kier alpha value is -0.610. The lowest BCUT2D eigenvalue weighted by Gasteiger charge is -2.30. The lowest BCUT2D eigenvalue weighted by atomic mass is 9.86. The summed E-state index contributed by atoms with van der Waals surface area (Å²) in [6.07, 6.45) is 7.18. The molecule has 0 atom stereocenters. The van der Waals surface area contributed by atoms with Gasteiger partial charge in [0.15, 0.2) is 0 Å². The van der Waals surface area contributed by atoms with Crippen molar-refractivity contribution in [1.82, 2.24) is 4.90 Å². The van der Waals surface area contributed by atoms with Crippen LogP contribution in [0, 0.1) is 10.8 Å². The van der Waals surface area contributed by atoms with E-state index in [0.717, 1.165) is 25.9 Å². The maximum Gasteiger partial charge on any atom is 0.0963 e. The summed E-state index contributed by atoms with van der Waals surface area (Å²) in [4.78, 5) is 2.42. The van der Waals surface area contributed by atoms with Crippen molar-refractivity contribution in [2.45, 2.75) is 58.4 Å². The summed E-state index contributed by atoms with van der Waals surface area (Å²) in [6, 6.07) is 0.664. The van der Waals surface area contributed by atoms with Gasteiger partial charge in [-0.15, -0.1) is 0 Å². The molecule has 0 spiro atoms.